The molecule has 18 heavy (non-hydrogen) atoms. The summed E-state index contributed by atoms with van der Waals surface area (Å²) in [4.78, 5) is 16.1. The topological polar surface area (TPSA) is 62.7 Å². The van der Waals surface area contributed by atoms with Crippen LogP contribution < -0.4 is 15.4 Å². The number of hydrogen-bond donors (Lipinski definition) is 2. The number of nitrogens with one attached hydrogen (secondary N) is 2. The van der Waals surface area contributed by atoms with E-state index in [2.05, 4.69) is 15.6 Å². The minimum Gasteiger partial charge on any atom is -0.494 e. The first-order valence-corrected chi connectivity index (χ1v) is 6.09. The minimum atomic E-state index is -0.432. The lowest BCUT2D eigenvalue weighted by Crippen LogP contribution is -2.25. The first-order chi connectivity index (χ1) is 8.76. The first kappa shape index (κ1) is 12.4. The zero-order valence-electron chi connectivity index (χ0n) is 10.6. The van der Waals surface area contributed by atoms with Gasteiger partial charge in [-0.05, 0) is 19.9 Å². The lowest BCUT2D eigenvalue weighted by atomic mass is 10.1. The van der Waals surface area contributed by atoms with Gasteiger partial charge in [0, 0.05) is 12.1 Å². The average Bonchev–Trinajstić information content (AvgIpc) is 2.72. The smallest absolute Gasteiger partial charge is 0.254 e. The zero-order valence-corrected chi connectivity index (χ0v) is 10.6. The largest absolute Gasteiger partial charge is 0.494 e. The second kappa shape index (κ2) is 5.53. The summed E-state index contributed by atoms with van der Waals surface area (Å²) in [7, 11) is 0. The second-order valence-corrected chi connectivity index (χ2v) is 3.86. The maximum atomic E-state index is 11.9. The Labute approximate surface area is 106 Å². The number of benzene rings is 1. The first-order valence-electron chi connectivity index (χ1n) is 6.09. The van der Waals surface area contributed by atoms with Gasteiger partial charge in [0.1, 0.15) is 11.8 Å². The molecule has 1 aromatic carbocycles. The van der Waals surface area contributed by atoms with E-state index in [-0.39, 0.29) is 5.91 Å². The van der Waals surface area contributed by atoms with Gasteiger partial charge in [-0.3, -0.25) is 15.1 Å². The van der Waals surface area contributed by atoms with Crippen molar-refractivity contribution in [3.63, 3.8) is 0 Å². The van der Waals surface area contributed by atoms with Crippen LogP contribution in [0.1, 0.15) is 25.5 Å². The highest BCUT2D eigenvalue weighted by molar-refractivity contribution is 6.06. The van der Waals surface area contributed by atoms with E-state index in [4.69, 9.17) is 4.74 Å². The van der Waals surface area contributed by atoms with Gasteiger partial charge in [0.05, 0.1) is 6.61 Å². The van der Waals surface area contributed by atoms with E-state index in [1.165, 1.54) is 0 Å². The molecule has 0 bridgehead atoms. The molecule has 1 unspecified atom stereocenters. The number of aliphatic imine (C=N–C) groups is 1. The van der Waals surface area contributed by atoms with E-state index in [1.807, 2.05) is 38.1 Å². The zero-order chi connectivity index (χ0) is 13.0. The predicted molar refractivity (Wildman–Crippen MR) is 69.6 cm³/mol. The molecule has 5 nitrogen and oxygen atoms in total. The molecule has 2 N–H and O–H groups in total. The van der Waals surface area contributed by atoms with E-state index in [9.17, 15) is 4.79 Å². The van der Waals surface area contributed by atoms with Gasteiger partial charge < -0.3 is 10.1 Å². The maximum absolute atomic E-state index is 11.9. The van der Waals surface area contributed by atoms with Crippen molar-refractivity contribution >= 4 is 11.9 Å². The summed E-state index contributed by atoms with van der Waals surface area (Å²) >= 11 is 0. The fourth-order valence-corrected chi connectivity index (χ4v) is 1.90. The molecule has 1 fully saturated rings. The van der Waals surface area contributed by atoms with E-state index < -0.39 is 6.04 Å². The van der Waals surface area contributed by atoms with Crippen LogP contribution in [0.25, 0.3) is 0 Å². The van der Waals surface area contributed by atoms with Gasteiger partial charge in [-0.1, -0.05) is 18.2 Å². The van der Waals surface area contributed by atoms with Gasteiger partial charge >= 0.3 is 0 Å². The molecule has 5 heteroatoms. The Morgan fingerprint density at radius 2 is 2.11 bits per heavy atom. The molecule has 1 atom stereocenters. The van der Waals surface area contributed by atoms with Crippen LogP contribution in [0.5, 0.6) is 5.75 Å². The van der Waals surface area contributed by atoms with Crippen LogP contribution in [-0.4, -0.2) is 25.0 Å². The fraction of sp³-hybridized carbons (Fsp3) is 0.385. The van der Waals surface area contributed by atoms with Gasteiger partial charge in [-0.15, -0.1) is 0 Å². The summed E-state index contributed by atoms with van der Waals surface area (Å²) in [6.45, 7) is 5.04. The molecular formula is C13H17N3O2. The van der Waals surface area contributed by atoms with Gasteiger partial charge in [0.2, 0.25) is 0 Å². The molecule has 1 aliphatic rings. The van der Waals surface area contributed by atoms with Gasteiger partial charge in [-0.25, -0.2) is 0 Å². The molecule has 96 valence electrons. The van der Waals surface area contributed by atoms with Crippen molar-refractivity contribution in [1.82, 2.24) is 10.6 Å². The molecule has 0 aromatic heterocycles. The molecular weight excluding hydrogens is 230 g/mol. The maximum Gasteiger partial charge on any atom is 0.254 e. The average molecular weight is 247 g/mol. The van der Waals surface area contributed by atoms with Crippen LogP contribution in [0, 0.1) is 0 Å². The standard InChI is InChI=1S/C13H17N3O2/c1-3-14-13-15-11(12(17)16-13)9-7-5-6-8-10(9)18-4-2/h5-8,11H,3-4H2,1-2H3,(H2,14,15,16,17). The number of nitrogens with zero attached hydrogens (tertiary/aromatic N) is 1. The molecule has 0 saturated carbocycles. The molecule has 1 amide bonds. The Bertz CT molecular complexity index is 471. The van der Waals surface area contributed by atoms with Crippen molar-refractivity contribution in [1.29, 1.82) is 0 Å². The van der Waals surface area contributed by atoms with E-state index in [1.54, 1.807) is 0 Å². The summed E-state index contributed by atoms with van der Waals surface area (Å²) in [5.74, 6) is 1.15. The number of rotatable bonds is 4. The number of para-hydroxylation sites is 1. The number of guanidine groups is 1. The molecule has 1 aliphatic heterocycles. The molecule has 1 heterocycles. The Hall–Kier alpha value is -2.04. The number of carbonyl (C=O) groups excluding carboxylic acids is 1. The van der Waals surface area contributed by atoms with Crippen LogP contribution in [0.4, 0.5) is 0 Å². The lowest BCUT2D eigenvalue weighted by Gasteiger charge is -2.13. The van der Waals surface area contributed by atoms with Crippen molar-refractivity contribution in [3.8, 4) is 5.75 Å². The molecule has 0 spiro atoms. The second-order valence-electron chi connectivity index (χ2n) is 3.86. The number of carbonyl (C=O) groups is 1. The summed E-state index contributed by atoms with van der Waals surface area (Å²) in [6, 6.07) is 7.10. The van der Waals surface area contributed by atoms with Gasteiger partial charge in [0.25, 0.3) is 5.91 Å². The Kier molecular flexibility index (Phi) is 3.82. The van der Waals surface area contributed by atoms with Crippen molar-refractivity contribution in [3.05, 3.63) is 29.8 Å². The van der Waals surface area contributed by atoms with E-state index >= 15 is 0 Å². The number of hydrogen-bond acceptors (Lipinski definition) is 3. The molecule has 1 saturated heterocycles. The van der Waals surface area contributed by atoms with Gasteiger partial charge in [0.15, 0.2) is 5.96 Å². The van der Waals surface area contributed by atoms with Crippen molar-refractivity contribution in [2.45, 2.75) is 19.9 Å². The predicted octanol–water partition coefficient (Wildman–Crippen LogP) is 1.22. The summed E-state index contributed by atoms with van der Waals surface area (Å²) in [6.07, 6.45) is 0. The van der Waals surface area contributed by atoms with E-state index in [0.29, 0.717) is 19.1 Å². The molecule has 2 rings (SSSR count). The third-order valence-corrected chi connectivity index (χ3v) is 2.63. The third-order valence-electron chi connectivity index (χ3n) is 2.63. The third kappa shape index (κ3) is 2.45. The minimum absolute atomic E-state index is 0.102. The quantitative estimate of drug-likeness (QED) is 0.841. The number of amides is 1. The summed E-state index contributed by atoms with van der Waals surface area (Å²) in [5, 5.41) is 5.78. The van der Waals surface area contributed by atoms with Crippen molar-refractivity contribution in [2.24, 2.45) is 4.99 Å². The fourth-order valence-electron chi connectivity index (χ4n) is 1.90. The van der Waals surface area contributed by atoms with Crippen LogP contribution in [-0.2, 0) is 4.79 Å². The lowest BCUT2D eigenvalue weighted by molar-refractivity contribution is -0.120. The SMILES string of the molecule is CCN=C1NC(=O)C(c2ccccc2OCC)N1. The Balaban J connectivity index is 2.27. The Morgan fingerprint density at radius 3 is 2.83 bits per heavy atom. The number of ether oxygens (including phenoxy) is 1. The summed E-state index contributed by atoms with van der Waals surface area (Å²) < 4.78 is 5.53. The normalized spacial score (nSPS) is 20.7. The monoisotopic (exact) mass is 247 g/mol. The van der Waals surface area contributed by atoms with Crippen LogP contribution in [0.15, 0.2) is 29.3 Å². The summed E-state index contributed by atoms with van der Waals surface area (Å²) in [5.41, 5.74) is 0.832. The van der Waals surface area contributed by atoms with Crippen LogP contribution in [0.2, 0.25) is 0 Å². The highest BCUT2D eigenvalue weighted by atomic mass is 16.5. The Morgan fingerprint density at radius 1 is 1.33 bits per heavy atom. The highest BCUT2D eigenvalue weighted by Gasteiger charge is 2.31. The van der Waals surface area contributed by atoms with Crippen LogP contribution >= 0.6 is 0 Å². The van der Waals surface area contributed by atoms with Crippen molar-refractivity contribution in [2.75, 3.05) is 13.2 Å². The van der Waals surface area contributed by atoms with Crippen molar-refractivity contribution < 1.29 is 9.53 Å². The highest BCUT2D eigenvalue weighted by Crippen LogP contribution is 2.26. The van der Waals surface area contributed by atoms with Crippen LogP contribution in [0.3, 0.4) is 0 Å². The van der Waals surface area contributed by atoms with E-state index in [0.717, 1.165) is 11.3 Å². The molecule has 1 aromatic rings. The van der Waals surface area contributed by atoms with Gasteiger partial charge in [-0.2, -0.15) is 0 Å². The molecule has 0 radical (unpaired) electrons. The molecule has 0 aliphatic carbocycles.